The first-order valence-corrected chi connectivity index (χ1v) is 6.73. The highest BCUT2D eigenvalue weighted by Crippen LogP contribution is 2.22. The van der Waals surface area contributed by atoms with Crippen LogP contribution in [0, 0.1) is 0 Å². The lowest BCUT2D eigenvalue weighted by Gasteiger charge is -2.10. The van der Waals surface area contributed by atoms with Crippen LogP contribution in [-0.2, 0) is 10.0 Å². The fraction of sp³-hybridized carbons (Fsp3) is 0.0909. The van der Waals surface area contributed by atoms with Crippen LogP contribution >= 0.6 is 0 Å². The molecule has 0 unspecified atom stereocenters. The van der Waals surface area contributed by atoms with Crippen LogP contribution in [0.4, 0.5) is 11.5 Å². The Balaban J connectivity index is 2.34. The number of hydrogen-bond donors (Lipinski definition) is 2. The number of nitrogens with one attached hydrogen (secondary N) is 1. The molecule has 0 fully saturated rings. The first kappa shape index (κ1) is 13.1. The van der Waals surface area contributed by atoms with Crippen LogP contribution in [0.15, 0.2) is 41.7 Å². The van der Waals surface area contributed by atoms with Crippen LogP contribution in [0.5, 0.6) is 5.75 Å². The minimum absolute atomic E-state index is 0.0781. The molecule has 0 amide bonds. The summed E-state index contributed by atoms with van der Waals surface area (Å²) in [6.07, 6.45) is 2.59. The Morgan fingerprint density at radius 1 is 1.26 bits per heavy atom. The summed E-state index contributed by atoms with van der Waals surface area (Å²) in [7, 11) is -2.34. The third-order valence-electron chi connectivity index (χ3n) is 2.32. The summed E-state index contributed by atoms with van der Waals surface area (Å²) in [5.41, 5.74) is 6.00. The second-order valence-corrected chi connectivity index (χ2v) is 5.30. The molecule has 0 aliphatic rings. The summed E-state index contributed by atoms with van der Waals surface area (Å²) in [6.45, 7) is 0. The van der Waals surface area contributed by atoms with E-state index in [0.29, 0.717) is 5.69 Å². The first-order valence-electron chi connectivity index (χ1n) is 5.25. The molecule has 1 aromatic heterocycles. The smallest absolute Gasteiger partial charge is 0.263 e. The maximum Gasteiger partial charge on any atom is 0.263 e. The quantitative estimate of drug-likeness (QED) is 0.805. The van der Waals surface area contributed by atoms with Crippen molar-refractivity contribution < 1.29 is 13.2 Å². The van der Waals surface area contributed by atoms with Gasteiger partial charge in [-0.25, -0.2) is 18.4 Å². The summed E-state index contributed by atoms with van der Waals surface area (Å²) < 4.78 is 31.5. The third kappa shape index (κ3) is 2.91. The van der Waals surface area contributed by atoms with Gasteiger partial charge in [0.15, 0.2) is 11.6 Å². The normalized spacial score (nSPS) is 11.0. The number of anilines is 2. The number of nitrogens with zero attached hydrogens (tertiary/aromatic N) is 2. The third-order valence-corrected chi connectivity index (χ3v) is 3.67. The molecule has 2 rings (SSSR count). The Labute approximate surface area is 110 Å². The van der Waals surface area contributed by atoms with E-state index in [1.54, 1.807) is 0 Å². The van der Waals surface area contributed by atoms with E-state index in [9.17, 15) is 8.42 Å². The predicted octanol–water partition coefficient (Wildman–Crippen LogP) is 0.868. The van der Waals surface area contributed by atoms with Gasteiger partial charge in [-0.15, -0.1) is 0 Å². The van der Waals surface area contributed by atoms with Crippen LogP contribution in [0.2, 0.25) is 0 Å². The number of ether oxygens (including phenoxy) is 1. The minimum Gasteiger partial charge on any atom is -0.491 e. The lowest BCUT2D eigenvalue weighted by molar-refractivity contribution is 0.413. The molecule has 8 heteroatoms. The summed E-state index contributed by atoms with van der Waals surface area (Å²) >= 11 is 0. The molecule has 0 bridgehead atoms. The number of nitrogen functional groups attached to an aromatic ring is 1. The van der Waals surface area contributed by atoms with Crippen LogP contribution in [0.3, 0.4) is 0 Å². The minimum atomic E-state index is -3.74. The predicted molar refractivity (Wildman–Crippen MR) is 70.2 cm³/mol. The Hall–Kier alpha value is -2.35. The maximum atomic E-state index is 12.1. The fourth-order valence-electron chi connectivity index (χ4n) is 1.38. The first-order chi connectivity index (χ1) is 9.03. The number of methoxy groups -OCH3 is 1. The van der Waals surface area contributed by atoms with E-state index in [-0.39, 0.29) is 16.5 Å². The molecule has 0 spiro atoms. The van der Waals surface area contributed by atoms with Gasteiger partial charge in [0.1, 0.15) is 6.33 Å². The fourth-order valence-corrected chi connectivity index (χ4v) is 2.40. The molecule has 19 heavy (non-hydrogen) atoms. The van der Waals surface area contributed by atoms with Gasteiger partial charge in [-0.2, -0.15) is 0 Å². The van der Waals surface area contributed by atoms with Crippen molar-refractivity contribution in [3.05, 3.63) is 36.8 Å². The van der Waals surface area contributed by atoms with Gasteiger partial charge in [-0.3, -0.25) is 4.72 Å². The number of rotatable bonds is 4. The molecule has 0 saturated carbocycles. The molecule has 0 radical (unpaired) electrons. The zero-order valence-electron chi connectivity index (χ0n) is 10.1. The Morgan fingerprint density at radius 3 is 2.58 bits per heavy atom. The van der Waals surface area contributed by atoms with Gasteiger partial charge in [0, 0.05) is 5.69 Å². The molecule has 100 valence electrons. The summed E-state index contributed by atoms with van der Waals surface area (Å²) in [6, 6.07) is 5.83. The molecule has 0 atom stereocenters. The van der Waals surface area contributed by atoms with Crippen LogP contribution in [-0.4, -0.2) is 25.5 Å². The number of nitrogens with two attached hydrogens (primary N) is 1. The number of benzene rings is 1. The summed E-state index contributed by atoms with van der Waals surface area (Å²) in [5, 5.41) is 0. The highest BCUT2D eigenvalue weighted by Gasteiger charge is 2.17. The van der Waals surface area contributed by atoms with Gasteiger partial charge in [0.2, 0.25) is 0 Å². The van der Waals surface area contributed by atoms with Crippen molar-refractivity contribution in [2.24, 2.45) is 0 Å². The van der Waals surface area contributed by atoms with E-state index in [4.69, 9.17) is 10.5 Å². The van der Waals surface area contributed by atoms with Crippen molar-refractivity contribution in [3.63, 3.8) is 0 Å². The molecule has 0 aliphatic heterocycles. The molecule has 1 aromatic carbocycles. The number of aromatic nitrogens is 2. The zero-order chi connectivity index (χ0) is 13.9. The van der Waals surface area contributed by atoms with Crippen molar-refractivity contribution in [1.29, 1.82) is 0 Å². The standard InChI is InChI=1S/C11H12N4O3S/c1-18-10-6-13-7-14-11(10)15-19(16,17)9-4-2-8(12)3-5-9/h2-7H,12H2,1H3,(H,13,14,15). The van der Waals surface area contributed by atoms with Gasteiger partial charge >= 0.3 is 0 Å². The average Bonchev–Trinajstić information content (AvgIpc) is 2.39. The largest absolute Gasteiger partial charge is 0.491 e. The van der Waals surface area contributed by atoms with Gasteiger partial charge in [-0.1, -0.05) is 0 Å². The number of sulfonamides is 1. The van der Waals surface area contributed by atoms with Gasteiger partial charge in [-0.05, 0) is 24.3 Å². The molecule has 7 nitrogen and oxygen atoms in total. The van der Waals surface area contributed by atoms with Crippen molar-refractivity contribution >= 4 is 21.5 Å². The molecular weight excluding hydrogens is 268 g/mol. The van der Waals surface area contributed by atoms with E-state index < -0.39 is 10.0 Å². The van der Waals surface area contributed by atoms with E-state index in [1.807, 2.05) is 0 Å². The monoisotopic (exact) mass is 280 g/mol. The summed E-state index contributed by atoms with van der Waals surface area (Å²) in [4.78, 5) is 7.66. The topological polar surface area (TPSA) is 107 Å². The number of hydrogen-bond acceptors (Lipinski definition) is 6. The van der Waals surface area contributed by atoms with Crippen molar-refractivity contribution in [3.8, 4) is 5.75 Å². The maximum absolute atomic E-state index is 12.1. The molecule has 1 heterocycles. The second-order valence-electron chi connectivity index (χ2n) is 3.61. The van der Waals surface area contributed by atoms with E-state index in [2.05, 4.69) is 14.7 Å². The second kappa shape index (κ2) is 5.11. The molecule has 3 N–H and O–H groups in total. The van der Waals surface area contributed by atoms with Gasteiger partial charge in [0.25, 0.3) is 10.0 Å². The molecule has 0 aliphatic carbocycles. The molecule has 0 saturated heterocycles. The van der Waals surface area contributed by atoms with Crippen LogP contribution in [0.25, 0.3) is 0 Å². The Bertz CT molecular complexity index is 671. The van der Waals surface area contributed by atoms with Crippen molar-refractivity contribution in [1.82, 2.24) is 9.97 Å². The molecule has 2 aromatic rings. The van der Waals surface area contributed by atoms with E-state index in [1.165, 1.54) is 43.9 Å². The highest BCUT2D eigenvalue weighted by atomic mass is 32.2. The molecular formula is C11H12N4O3S. The summed E-state index contributed by atoms with van der Waals surface area (Å²) in [5.74, 6) is 0.316. The van der Waals surface area contributed by atoms with Gasteiger partial charge < -0.3 is 10.5 Å². The SMILES string of the molecule is COc1cncnc1NS(=O)(=O)c1ccc(N)cc1. The van der Waals surface area contributed by atoms with Crippen molar-refractivity contribution in [2.75, 3.05) is 17.6 Å². The van der Waals surface area contributed by atoms with E-state index in [0.717, 1.165) is 0 Å². The van der Waals surface area contributed by atoms with Crippen molar-refractivity contribution in [2.45, 2.75) is 4.90 Å². The Kier molecular flexibility index (Phi) is 3.52. The van der Waals surface area contributed by atoms with Crippen LogP contribution < -0.4 is 15.2 Å². The van der Waals surface area contributed by atoms with Crippen LogP contribution in [0.1, 0.15) is 0 Å². The van der Waals surface area contributed by atoms with E-state index >= 15 is 0 Å². The Morgan fingerprint density at radius 2 is 1.95 bits per heavy atom. The average molecular weight is 280 g/mol. The lowest BCUT2D eigenvalue weighted by Crippen LogP contribution is -2.14. The lowest BCUT2D eigenvalue weighted by atomic mass is 10.3. The zero-order valence-corrected chi connectivity index (χ0v) is 10.9. The van der Waals surface area contributed by atoms with Gasteiger partial charge in [0.05, 0.1) is 18.2 Å². The highest BCUT2D eigenvalue weighted by molar-refractivity contribution is 7.92.